The molecule has 8 nitrogen and oxygen atoms in total. The fourth-order valence-corrected chi connectivity index (χ4v) is 3.71. The summed E-state index contributed by atoms with van der Waals surface area (Å²) in [5, 5.41) is 13.9. The van der Waals surface area contributed by atoms with Crippen LogP contribution in [-0.4, -0.2) is 43.3 Å². The molecule has 0 aliphatic heterocycles. The van der Waals surface area contributed by atoms with Crippen LogP contribution in [0.5, 0.6) is 0 Å². The second kappa shape index (κ2) is 8.20. The van der Waals surface area contributed by atoms with Gasteiger partial charge < -0.3 is 20.1 Å². The number of pyridine rings is 1. The molecule has 0 aromatic carbocycles. The van der Waals surface area contributed by atoms with E-state index >= 15 is 0 Å². The first-order valence-electron chi connectivity index (χ1n) is 9.20. The van der Waals surface area contributed by atoms with Gasteiger partial charge in [0.15, 0.2) is 5.60 Å². The van der Waals surface area contributed by atoms with Crippen molar-refractivity contribution < 1.29 is 9.84 Å². The number of ether oxygens (including phenoxy) is 1. The lowest BCUT2D eigenvalue weighted by Crippen LogP contribution is -2.18. The predicted octanol–water partition coefficient (Wildman–Crippen LogP) is 2.44. The van der Waals surface area contributed by atoms with E-state index in [0.29, 0.717) is 29.5 Å². The van der Waals surface area contributed by atoms with Gasteiger partial charge in [0.25, 0.3) is 0 Å². The zero-order valence-electron chi connectivity index (χ0n) is 16.5. The molecule has 4 aromatic rings. The summed E-state index contributed by atoms with van der Waals surface area (Å²) >= 11 is 1.35. The highest BCUT2D eigenvalue weighted by molar-refractivity contribution is 7.09. The maximum atomic E-state index is 10.6. The summed E-state index contributed by atoms with van der Waals surface area (Å²) in [6, 6.07) is 3.70. The van der Waals surface area contributed by atoms with Crippen LogP contribution in [0.2, 0.25) is 0 Å². The number of nitrogens with two attached hydrogens (primary N) is 1. The molecule has 0 radical (unpaired) electrons. The van der Waals surface area contributed by atoms with Crippen molar-refractivity contribution in [1.82, 2.24) is 24.5 Å². The number of aliphatic hydroxyl groups is 1. The van der Waals surface area contributed by atoms with Crippen LogP contribution in [-0.2, 0) is 16.9 Å². The lowest BCUT2D eigenvalue weighted by atomic mass is 10.1. The third kappa shape index (κ3) is 4.02. The van der Waals surface area contributed by atoms with Gasteiger partial charge in [-0.1, -0.05) is 5.92 Å². The second-order valence-corrected chi connectivity index (χ2v) is 7.67. The molecule has 9 heteroatoms. The molecule has 3 N–H and O–H groups in total. The number of rotatable bonds is 5. The molecule has 4 rings (SSSR count). The van der Waals surface area contributed by atoms with Crippen molar-refractivity contribution in [1.29, 1.82) is 0 Å². The van der Waals surface area contributed by atoms with Crippen LogP contribution in [0, 0.1) is 11.8 Å². The van der Waals surface area contributed by atoms with Gasteiger partial charge in [0.05, 0.1) is 24.0 Å². The number of hydrogen-bond donors (Lipinski definition) is 2. The molecule has 0 bridgehead atoms. The summed E-state index contributed by atoms with van der Waals surface area (Å²) in [7, 11) is 1.66. The smallest absolute Gasteiger partial charge is 0.220 e. The topological polar surface area (TPSA) is 112 Å². The monoisotopic (exact) mass is 420 g/mol. The summed E-state index contributed by atoms with van der Waals surface area (Å²) in [4.78, 5) is 16.9. The van der Waals surface area contributed by atoms with Gasteiger partial charge in [0.2, 0.25) is 5.95 Å². The maximum absolute atomic E-state index is 10.6. The first kappa shape index (κ1) is 20.0. The SMILES string of the molecule is COCCn1cc(-c2ccnc(N)n2)c2cc(C#CC(C)(O)c3nccs3)ncc21. The van der Waals surface area contributed by atoms with Gasteiger partial charge >= 0.3 is 0 Å². The molecule has 0 amide bonds. The van der Waals surface area contributed by atoms with Crippen LogP contribution in [0.15, 0.2) is 42.3 Å². The van der Waals surface area contributed by atoms with Crippen LogP contribution in [0.1, 0.15) is 17.6 Å². The zero-order valence-corrected chi connectivity index (χ0v) is 17.3. The zero-order chi connectivity index (χ0) is 21.1. The van der Waals surface area contributed by atoms with Crippen molar-refractivity contribution in [2.75, 3.05) is 19.5 Å². The molecule has 0 fully saturated rings. The summed E-state index contributed by atoms with van der Waals surface area (Å²) in [6.07, 6.45) is 7.03. The standard InChI is InChI=1S/C21H20N6O2S/c1-21(28,19-23-7-10-30-19)5-3-14-11-15-16(17-4-6-24-20(22)26-17)13-27(8-9-29-2)18(15)12-25-14/h4,6-7,10-13,28H,8-9H2,1-2H3,(H2,22,24,26). The lowest BCUT2D eigenvalue weighted by molar-refractivity contribution is 0.122. The van der Waals surface area contributed by atoms with E-state index in [9.17, 15) is 5.11 Å². The second-order valence-electron chi connectivity index (χ2n) is 6.78. The average molecular weight is 420 g/mol. The molecule has 4 aromatic heterocycles. The minimum absolute atomic E-state index is 0.207. The largest absolute Gasteiger partial charge is 0.383 e. The van der Waals surface area contributed by atoms with E-state index in [4.69, 9.17) is 10.5 Å². The minimum Gasteiger partial charge on any atom is -0.383 e. The third-order valence-corrected chi connectivity index (χ3v) is 5.52. The van der Waals surface area contributed by atoms with Crippen molar-refractivity contribution in [3.05, 3.63) is 53.0 Å². The molecule has 152 valence electrons. The first-order chi connectivity index (χ1) is 14.5. The van der Waals surface area contributed by atoms with Crippen molar-refractivity contribution in [3.8, 4) is 23.1 Å². The molecule has 0 saturated carbocycles. The number of methoxy groups -OCH3 is 1. The molecule has 0 aliphatic carbocycles. The maximum Gasteiger partial charge on any atom is 0.220 e. The Morgan fingerprint density at radius 1 is 1.30 bits per heavy atom. The number of anilines is 1. The number of hydrogen-bond acceptors (Lipinski definition) is 8. The molecule has 4 heterocycles. The highest BCUT2D eigenvalue weighted by atomic mass is 32.1. The van der Waals surface area contributed by atoms with Crippen LogP contribution in [0.4, 0.5) is 5.95 Å². The van der Waals surface area contributed by atoms with Crippen LogP contribution < -0.4 is 5.73 Å². The molecule has 0 aliphatic rings. The Balaban J connectivity index is 1.79. The normalized spacial score (nSPS) is 13.0. The number of nitrogens with zero attached hydrogens (tertiary/aromatic N) is 5. The van der Waals surface area contributed by atoms with Gasteiger partial charge in [0.1, 0.15) is 10.7 Å². The number of nitrogen functional groups attached to an aromatic ring is 1. The van der Waals surface area contributed by atoms with E-state index in [0.717, 1.165) is 16.5 Å². The Bertz CT molecular complexity index is 1240. The van der Waals surface area contributed by atoms with E-state index in [2.05, 4.69) is 36.3 Å². The van der Waals surface area contributed by atoms with Gasteiger partial charge in [0, 0.05) is 48.6 Å². The van der Waals surface area contributed by atoms with E-state index in [1.165, 1.54) is 11.3 Å². The van der Waals surface area contributed by atoms with Gasteiger partial charge in [-0.25, -0.2) is 19.9 Å². The molecule has 30 heavy (non-hydrogen) atoms. The van der Waals surface area contributed by atoms with Crippen molar-refractivity contribution >= 4 is 28.2 Å². The lowest BCUT2D eigenvalue weighted by Gasteiger charge is -2.11. The molecule has 1 atom stereocenters. The molecule has 1 unspecified atom stereocenters. The summed E-state index contributed by atoms with van der Waals surface area (Å²) in [5.41, 5.74) is 7.50. The first-order valence-corrected chi connectivity index (χ1v) is 10.1. The van der Waals surface area contributed by atoms with Crippen molar-refractivity contribution in [2.24, 2.45) is 0 Å². The van der Waals surface area contributed by atoms with E-state index in [1.807, 2.05) is 18.3 Å². The van der Waals surface area contributed by atoms with Crippen LogP contribution >= 0.6 is 11.3 Å². The fraction of sp³-hybridized carbons (Fsp3) is 0.238. The Hall–Kier alpha value is -3.32. The van der Waals surface area contributed by atoms with Crippen LogP contribution in [0.25, 0.3) is 22.2 Å². The fourth-order valence-electron chi connectivity index (χ4n) is 3.06. The predicted molar refractivity (Wildman–Crippen MR) is 116 cm³/mol. The average Bonchev–Trinajstić information content (AvgIpc) is 3.39. The Morgan fingerprint density at radius 3 is 2.90 bits per heavy atom. The Morgan fingerprint density at radius 2 is 2.17 bits per heavy atom. The molecule has 0 saturated heterocycles. The highest BCUT2D eigenvalue weighted by Crippen LogP contribution is 2.30. The highest BCUT2D eigenvalue weighted by Gasteiger charge is 2.23. The van der Waals surface area contributed by atoms with E-state index in [-0.39, 0.29) is 5.95 Å². The summed E-state index contributed by atoms with van der Waals surface area (Å²) in [6.45, 7) is 2.85. The Labute approximate surface area is 177 Å². The summed E-state index contributed by atoms with van der Waals surface area (Å²) < 4.78 is 7.28. The summed E-state index contributed by atoms with van der Waals surface area (Å²) in [5.74, 6) is 6.05. The van der Waals surface area contributed by atoms with Gasteiger partial charge in [-0.2, -0.15) is 0 Å². The van der Waals surface area contributed by atoms with Gasteiger partial charge in [-0.15, -0.1) is 11.3 Å². The number of aromatic nitrogens is 5. The molecular formula is C21H20N6O2S. The third-order valence-electron chi connectivity index (χ3n) is 4.54. The van der Waals surface area contributed by atoms with Crippen molar-refractivity contribution in [2.45, 2.75) is 19.1 Å². The molecular weight excluding hydrogens is 400 g/mol. The van der Waals surface area contributed by atoms with Gasteiger partial charge in [-0.05, 0) is 25.0 Å². The quantitative estimate of drug-likeness (QED) is 0.477. The van der Waals surface area contributed by atoms with Gasteiger partial charge in [-0.3, -0.25) is 0 Å². The number of thiazole rings is 1. The van der Waals surface area contributed by atoms with E-state index in [1.54, 1.807) is 38.0 Å². The Kier molecular flexibility index (Phi) is 5.46. The number of fused-ring (bicyclic) bond motifs is 1. The minimum atomic E-state index is -1.35. The van der Waals surface area contributed by atoms with E-state index < -0.39 is 5.60 Å². The molecule has 0 spiro atoms. The van der Waals surface area contributed by atoms with Crippen molar-refractivity contribution in [3.63, 3.8) is 0 Å². The van der Waals surface area contributed by atoms with Crippen LogP contribution in [0.3, 0.4) is 0 Å².